The molecule has 2 aromatic carbocycles. The monoisotopic (exact) mass is 341 g/mol. The summed E-state index contributed by atoms with van der Waals surface area (Å²) >= 11 is 0. The molecule has 0 bridgehead atoms. The first-order valence-electron chi connectivity index (χ1n) is 6.58. The number of benzene rings is 2. The van der Waals surface area contributed by atoms with Crippen LogP contribution < -0.4 is 4.31 Å². The normalized spacial score (nSPS) is 11.3. The summed E-state index contributed by atoms with van der Waals surface area (Å²) < 4.78 is 53.0. The number of sulfonamides is 1. The van der Waals surface area contributed by atoms with Crippen LogP contribution in [0.2, 0.25) is 0 Å². The molecule has 0 atom stereocenters. The highest BCUT2D eigenvalue weighted by Crippen LogP contribution is 2.25. The smallest absolute Gasteiger partial charge is 0.338 e. The second kappa shape index (κ2) is 6.33. The molecule has 2 rings (SSSR count). The Morgan fingerprint density at radius 1 is 1.17 bits per heavy atom. The number of anilines is 1. The van der Waals surface area contributed by atoms with E-state index in [1.165, 1.54) is 18.2 Å². The molecule has 0 fully saturated rings. The first-order valence-corrected chi connectivity index (χ1v) is 8.02. The lowest BCUT2D eigenvalue weighted by atomic mass is 10.2. The van der Waals surface area contributed by atoms with Crippen LogP contribution in [0.4, 0.5) is 14.5 Å². The second-order valence-corrected chi connectivity index (χ2v) is 6.46. The van der Waals surface area contributed by atoms with Crippen molar-refractivity contribution in [1.82, 2.24) is 0 Å². The van der Waals surface area contributed by atoms with Gasteiger partial charge in [-0.25, -0.2) is 22.0 Å². The van der Waals surface area contributed by atoms with Crippen molar-refractivity contribution in [3.05, 3.63) is 59.7 Å². The number of carboxylic acid groups (broad SMARTS) is 1. The molecule has 0 aliphatic heterocycles. The predicted octanol–water partition coefficient (Wildman–Crippen LogP) is 2.88. The average Bonchev–Trinajstić information content (AvgIpc) is 2.47. The molecule has 122 valence electrons. The Bertz CT molecular complexity index is 852. The molecule has 0 aliphatic rings. The van der Waals surface area contributed by atoms with Crippen molar-refractivity contribution in [1.29, 1.82) is 0 Å². The van der Waals surface area contributed by atoms with Gasteiger partial charge in [0.25, 0.3) is 10.0 Å². The predicted molar refractivity (Wildman–Crippen MR) is 80.0 cm³/mol. The van der Waals surface area contributed by atoms with Gasteiger partial charge < -0.3 is 5.11 Å². The highest BCUT2D eigenvalue weighted by atomic mass is 32.2. The van der Waals surface area contributed by atoms with Crippen molar-refractivity contribution in [3.63, 3.8) is 0 Å². The molecule has 0 saturated carbocycles. The van der Waals surface area contributed by atoms with Crippen LogP contribution in [0.15, 0.2) is 47.4 Å². The van der Waals surface area contributed by atoms with Gasteiger partial charge in [-0.3, -0.25) is 4.31 Å². The molecular formula is C15H13F2NO4S. The zero-order valence-electron chi connectivity index (χ0n) is 12.0. The number of halogens is 2. The summed E-state index contributed by atoms with van der Waals surface area (Å²) in [5, 5.41) is 8.91. The van der Waals surface area contributed by atoms with Crippen molar-refractivity contribution in [2.45, 2.75) is 11.8 Å². The van der Waals surface area contributed by atoms with Crippen LogP contribution in [0.25, 0.3) is 0 Å². The largest absolute Gasteiger partial charge is 0.478 e. The topological polar surface area (TPSA) is 74.7 Å². The Hall–Kier alpha value is -2.48. The fourth-order valence-electron chi connectivity index (χ4n) is 2.08. The molecule has 0 aromatic heterocycles. The van der Waals surface area contributed by atoms with Crippen molar-refractivity contribution >= 4 is 21.7 Å². The summed E-state index contributed by atoms with van der Waals surface area (Å²) in [6, 6.07) is 7.47. The summed E-state index contributed by atoms with van der Waals surface area (Å²) in [6.45, 7) is 1.54. The molecule has 1 N–H and O–H groups in total. The quantitative estimate of drug-likeness (QED) is 0.907. The van der Waals surface area contributed by atoms with Crippen LogP contribution in [0, 0.1) is 11.6 Å². The van der Waals surface area contributed by atoms with E-state index in [9.17, 15) is 22.0 Å². The number of aromatic carboxylic acids is 1. The van der Waals surface area contributed by atoms with E-state index in [-0.39, 0.29) is 17.1 Å². The van der Waals surface area contributed by atoms with Crippen LogP contribution in [0.5, 0.6) is 0 Å². The summed E-state index contributed by atoms with van der Waals surface area (Å²) in [7, 11) is -4.16. The van der Waals surface area contributed by atoms with Gasteiger partial charge in [-0.15, -0.1) is 0 Å². The third kappa shape index (κ3) is 3.31. The molecule has 23 heavy (non-hydrogen) atoms. The third-order valence-electron chi connectivity index (χ3n) is 3.14. The van der Waals surface area contributed by atoms with E-state index >= 15 is 0 Å². The van der Waals surface area contributed by atoms with Gasteiger partial charge in [0, 0.05) is 6.54 Å². The van der Waals surface area contributed by atoms with Crippen molar-refractivity contribution < 1.29 is 27.1 Å². The van der Waals surface area contributed by atoms with E-state index in [4.69, 9.17) is 5.11 Å². The summed E-state index contributed by atoms with van der Waals surface area (Å²) in [6.07, 6.45) is 0. The maximum atomic E-state index is 13.4. The van der Waals surface area contributed by atoms with E-state index < -0.39 is 33.2 Å². The van der Waals surface area contributed by atoms with E-state index in [0.29, 0.717) is 0 Å². The molecule has 0 unspecified atom stereocenters. The van der Waals surface area contributed by atoms with Gasteiger partial charge in [-0.1, -0.05) is 6.07 Å². The average molecular weight is 341 g/mol. The minimum atomic E-state index is -4.16. The minimum Gasteiger partial charge on any atom is -0.478 e. The Morgan fingerprint density at radius 3 is 2.43 bits per heavy atom. The summed E-state index contributed by atoms with van der Waals surface area (Å²) in [4.78, 5) is 10.6. The van der Waals surface area contributed by atoms with E-state index in [0.717, 1.165) is 28.6 Å². The third-order valence-corrected chi connectivity index (χ3v) is 5.04. The van der Waals surface area contributed by atoms with Gasteiger partial charge in [0.15, 0.2) is 0 Å². The number of hydrogen-bond acceptors (Lipinski definition) is 3. The molecular weight excluding hydrogens is 328 g/mol. The maximum absolute atomic E-state index is 13.4. The first-order chi connectivity index (χ1) is 10.8. The molecule has 2 aromatic rings. The highest BCUT2D eigenvalue weighted by Gasteiger charge is 2.26. The lowest BCUT2D eigenvalue weighted by Crippen LogP contribution is -2.31. The molecule has 0 saturated heterocycles. The second-order valence-electron chi connectivity index (χ2n) is 4.60. The molecule has 0 heterocycles. The number of carbonyl (C=O) groups is 1. The van der Waals surface area contributed by atoms with Crippen LogP contribution in [-0.4, -0.2) is 26.0 Å². The van der Waals surface area contributed by atoms with Gasteiger partial charge in [0.1, 0.15) is 11.6 Å². The molecule has 0 aliphatic carbocycles. The lowest BCUT2D eigenvalue weighted by Gasteiger charge is -2.23. The fraction of sp³-hybridized carbons (Fsp3) is 0.133. The Morgan fingerprint density at radius 2 is 1.87 bits per heavy atom. The van der Waals surface area contributed by atoms with Gasteiger partial charge >= 0.3 is 5.97 Å². The number of rotatable bonds is 5. The number of nitrogens with zero attached hydrogens (tertiary/aromatic N) is 1. The SMILES string of the molecule is CCN(c1cccc(F)c1)S(=O)(=O)c1ccc(F)c(C(=O)O)c1. The zero-order chi connectivity index (χ0) is 17.2. The zero-order valence-corrected chi connectivity index (χ0v) is 12.8. The first kappa shape index (κ1) is 16.9. The standard InChI is InChI=1S/C15H13F2NO4S/c1-2-18(11-5-3-4-10(16)8-11)23(21,22)12-6-7-14(17)13(9-12)15(19)20/h3-9H,2H2,1H3,(H,19,20). The van der Waals surface area contributed by atoms with Crippen molar-refractivity contribution in [2.75, 3.05) is 10.8 Å². The van der Waals surface area contributed by atoms with E-state index in [2.05, 4.69) is 0 Å². The lowest BCUT2D eigenvalue weighted by molar-refractivity contribution is 0.0691. The molecule has 5 nitrogen and oxygen atoms in total. The van der Waals surface area contributed by atoms with Crippen molar-refractivity contribution in [2.24, 2.45) is 0 Å². The summed E-state index contributed by atoms with van der Waals surface area (Å²) in [5.41, 5.74) is -0.657. The highest BCUT2D eigenvalue weighted by molar-refractivity contribution is 7.92. The van der Waals surface area contributed by atoms with Crippen LogP contribution in [0.1, 0.15) is 17.3 Å². The van der Waals surface area contributed by atoms with E-state index in [1.807, 2.05) is 0 Å². The van der Waals surface area contributed by atoms with Gasteiger partial charge in [0.05, 0.1) is 16.1 Å². The Kier molecular flexibility index (Phi) is 4.65. The van der Waals surface area contributed by atoms with Crippen LogP contribution in [-0.2, 0) is 10.0 Å². The molecule has 0 spiro atoms. The minimum absolute atomic E-state index is 0.00837. The number of hydrogen-bond donors (Lipinski definition) is 1. The maximum Gasteiger partial charge on any atom is 0.338 e. The van der Waals surface area contributed by atoms with Gasteiger partial charge in [-0.2, -0.15) is 0 Å². The van der Waals surface area contributed by atoms with Gasteiger partial charge in [-0.05, 0) is 43.3 Å². The van der Waals surface area contributed by atoms with Gasteiger partial charge in [0.2, 0.25) is 0 Å². The Labute approximate surface area is 131 Å². The van der Waals surface area contributed by atoms with Crippen LogP contribution in [0.3, 0.4) is 0 Å². The van der Waals surface area contributed by atoms with Crippen molar-refractivity contribution in [3.8, 4) is 0 Å². The fourth-order valence-corrected chi connectivity index (χ4v) is 3.57. The Balaban J connectivity index is 2.56. The molecule has 0 amide bonds. The summed E-state index contributed by atoms with van der Waals surface area (Å²) in [5.74, 6) is -3.22. The van der Waals surface area contributed by atoms with Crippen LogP contribution >= 0.6 is 0 Å². The molecule has 8 heteroatoms. The number of carboxylic acids is 1. The molecule has 0 radical (unpaired) electrons. The van der Waals surface area contributed by atoms with E-state index in [1.54, 1.807) is 6.92 Å².